The van der Waals surface area contributed by atoms with Gasteiger partial charge in [-0.3, -0.25) is 4.99 Å². The molecule has 5 nitrogen and oxygen atoms in total. The maximum Gasteiger partial charge on any atom is 0.189 e. The summed E-state index contributed by atoms with van der Waals surface area (Å²) in [7, 11) is -3.33. The highest BCUT2D eigenvalue weighted by Crippen LogP contribution is 2.20. The van der Waals surface area contributed by atoms with Crippen LogP contribution in [0.15, 0.2) is 34.2 Å². The summed E-state index contributed by atoms with van der Waals surface area (Å²) < 4.78 is 24.8. The minimum Gasteiger partial charge on any atom is -0.370 e. The molecular weight excluding hydrogens is 437 g/mol. The summed E-state index contributed by atoms with van der Waals surface area (Å²) in [5.74, 6) is 0.347. The Kier molecular flexibility index (Phi) is 8.49. The van der Waals surface area contributed by atoms with Crippen LogP contribution in [-0.4, -0.2) is 32.2 Å². The molecule has 136 valence electrons. The minimum absolute atomic E-state index is 0. The van der Waals surface area contributed by atoms with Gasteiger partial charge in [0.2, 0.25) is 0 Å². The van der Waals surface area contributed by atoms with Gasteiger partial charge < -0.3 is 11.1 Å². The van der Waals surface area contributed by atoms with E-state index in [2.05, 4.69) is 10.3 Å². The average Bonchev–Trinajstić information content (AvgIpc) is 2.47. The molecule has 1 aliphatic carbocycles. The van der Waals surface area contributed by atoms with Crippen LogP contribution in [0.5, 0.6) is 0 Å². The van der Waals surface area contributed by atoms with Crippen LogP contribution in [0.1, 0.15) is 44.6 Å². The second kappa shape index (κ2) is 9.60. The number of aryl methyl sites for hydroxylation is 1. The summed E-state index contributed by atoms with van der Waals surface area (Å²) in [5.41, 5.74) is 6.97. The third kappa shape index (κ3) is 6.58. The molecule has 1 aliphatic rings. The van der Waals surface area contributed by atoms with Gasteiger partial charge in [-0.15, -0.1) is 24.0 Å². The van der Waals surface area contributed by atoms with Gasteiger partial charge in [-0.1, -0.05) is 37.0 Å². The van der Waals surface area contributed by atoms with Crippen molar-refractivity contribution in [3.8, 4) is 0 Å². The van der Waals surface area contributed by atoms with Gasteiger partial charge in [0.25, 0.3) is 0 Å². The number of rotatable bonds is 5. The molecule has 7 heteroatoms. The third-order valence-corrected chi connectivity index (χ3v) is 6.07. The first kappa shape index (κ1) is 21.2. The monoisotopic (exact) mass is 465 g/mol. The van der Waals surface area contributed by atoms with Crippen molar-refractivity contribution in [2.45, 2.75) is 62.9 Å². The first-order valence-corrected chi connectivity index (χ1v) is 9.91. The van der Waals surface area contributed by atoms with Gasteiger partial charge in [0, 0.05) is 6.04 Å². The normalized spacial score (nSPS) is 17.8. The predicted molar refractivity (Wildman–Crippen MR) is 110 cm³/mol. The molecule has 2 rings (SSSR count). The zero-order valence-electron chi connectivity index (χ0n) is 14.4. The van der Waals surface area contributed by atoms with Crippen molar-refractivity contribution in [1.29, 1.82) is 0 Å². The van der Waals surface area contributed by atoms with E-state index in [1.54, 1.807) is 12.1 Å². The van der Waals surface area contributed by atoms with E-state index >= 15 is 0 Å². The molecule has 1 aromatic carbocycles. The molecule has 1 saturated carbocycles. The number of benzene rings is 1. The number of aliphatic imine (C=N–C) groups is 1. The molecule has 0 bridgehead atoms. The van der Waals surface area contributed by atoms with Gasteiger partial charge in [0.1, 0.15) is 0 Å². The van der Waals surface area contributed by atoms with Gasteiger partial charge >= 0.3 is 0 Å². The number of hydrogen-bond donors (Lipinski definition) is 2. The lowest BCUT2D eigenvalue weighted by Crippen LogP contribution is -2.42. The maximum atomic E-state index is 12.4. The SMILES string of the molecule is Cc1ccc(S(=O)(=O)CC(C)NC(N)=NC2CCCCC2)cc1.I. The maximum absolute atomic E-state index is 12.4. The zero-order chi connectivity index (χ0) is 16.9. The van der Waals surface area contributed by atoms with Crippen LogP contribution in [0.2, 0.25) is 0 Å². The summed E-state index contributed by atoms with van der Waals surface area (Å²) in [5, 5.41) is 3.01. The van der Waals surface area contributed by atoms with Crippen LogP contribution in [0.4, 0.5) is 0 Å². The van der Waals surface area contributed by atoms with Crippen molar-refractivity contribution < 1.29 is 8.42 Å². The third-order valence-electron chi connectivity index (χ3n) is 4.14. The van der Waals surface area contributed by atoms with Crippen LogP contribution in [0.3, 0.4) is 0 Å². The van der Waals surface area contributed by atoms with E-state index in [0.29, 0.717) is 10.9 Å². The predicted octanol–water partition coefficient (Wildman–Crippen LogP) is 3.01. The fourth-order valence-corrected chi connectivity index (χ4v) is 4.39. The molecule has 0 radical (unpaired) electrons. The van der Waals surface area contributed by atoms with Crippen LogP contribution in [0, 0.1) is 6.92 Å². The molecule has 0 aliphatic heterocycles. The van der Waals surface area contributed by atoms with E-state index in [-0.39, 0.29) is 41.8 Å². The van der Waals surface area contributed by atoms with Crippen molar-refractivity contribution in [3.63, 3.8) is 0 Å². The molecule has 24 heavy (non-hydrogen) atoms. The molecule has 0 spiro atoms. The molecule has 3 N–H and O–H groups in total. The first-order valence-electron chi connectivity index (χ1n) is 8.26. The lowest BCUT2D eigenvalue weighted by Gasteiger charge is -2.20. The molecule has 0 heterocycles. The Morgan fingerprint density at radius 3 is 2.42 bits per heavy atom. The van der Waals surface area contributed by atoms with Gasteiger partial charge in [0.15, 0.2) is 15.8 Å². The summed E-state index contributed by atoms with van der Waals surface area (Å²) in [6.45, 7) is 3.75. The fraction of sp³-hybridized carbons (Fsp3) is 0.588. The number of hydrogen-bond acceptors (Lipinski definition) is 3. The molecular formula is C17H28IN3O2S. The van der Waals surface area contributed by atoms with Gasteiger partial charge in [-0.05, 0) is 38.8 Å². The van der Waals surface area contributed by atoms with Crippen LogP contribution in [0.25, 0.3) is 0 Å². The van der Waals surface area contributed by atoms with Crippen molar-refractivity contribution in [2.75, 3.05) is 5.75 Å². The van der Waals surface area contributed by atoms with E-state index in [0.717, 1.165) is 18.4 Å². The standard InChI is InChI=1S/C17H27N3O2S.HI/c1-13-8-10-16(11-9-13)23(21,22)12-14(2)19-17(18)20-15-6-4-3-5-7-15;/h8-11,14-15H,3-7,12H2,1-2H3,(H3,18,19,20);1H. The highest BCUT2D eigenvalue weighted by Gasteiger charge is 2.19. The highest BCUT2D eigenvalue weighted by molar-refractivity contribution is 14.0. The van der Waals surface area contributed by atoms with Gasteiger partial charge in [-0.2, -0.15) is 0 Å². The topological polar surface area (TPSA) is 84.5 Å². The average molecular weight is 465 g/mol. The van der Waals surface area contributed by atoms with E-state index in [9.17, 15) is 8.42 Å². The van der Waals surface area contributed by atoms with Crippen molar-refractivity contribution >= 4 is 39.8 Å². The lowest BCUT2D eigenvalue weighted by atomic mass is 9.96. The second-order valence-electron chi connectivity index (χ2n) is 6.45. The van der Waals surface area contributed by atoms with Crippen LogP contribution >= 0.6 is 24.0 Å². The van der Waals surface area contributed by atoms with E-state index in [1.165, 1.54) is 19.3 Å². The van der Waals surface area contributed by atoms with Crippen molar-refractivity contribution in [1.82, 2.24) is 5.32 Å². The summed E-state index contributed by atoms with van der Waals surface area (Å²) in [6.07, 6.45) is 5.79. The smallest absolute Gasteiger partial charge is 0.189 e. The largest absolute Gasteiger partial charge is 0.370 e. The highest BCUT2D eigenvalue weighted by atomic mass is 127. The Hall–Kier alpha value is -0.830. The number of guanidine groups is 1. The number of nitrogens with two attached hydrogens (primary N) is 1. The number of nitrogens with zero attached hydrogens (tertiary/aromatic N) is 1. The Labute approximate surface area is 162 Å². The Bertz CT molecular complexity index is 638. The van der Waals surface area contributed by atoms with E-state index < -0.39 is 9.84 Å². The number of nitrogens with one attached hydrogen (secondary N) is 1. The van der Waals surface area contributed by atoms with E-state index in [4.69, 9.17) is 5.73 Å². The quantitative estimate of drug-likeness (QED) is 0.398. The number of sulfone groups is 1. The Morgan fingerprint density at radius 2 is 1.83 bits per heavy atom. The molecule has 1 unspecified atom stereocenters. The Morgan fingerprint density at radius 1 is 1.25 bits per heavy atom. The number of halogens is 1. The Balaban J connectivity index is 0.00000288. The zero-order valence-corrected chi connectivity index (χ0v) is 17.5. The molecule has 1 aromatic rings. The molecule has 0 amide bonds. The van der Waals surface area contributed by atoms with Crippen LogP contribution < -0.4 is 11.1 Å². The molecule has 0 aromatic heterocycles. The molecule has 1 atom stereocenters. The van der Waals surface area contributed by atoms with Crippen molar-refractivity contribution in [2.24, 2.45) is 10.7 Å². The summed E-state index contributed by atoms with van der Waals surface area (Å²) in [4.78, 5) is 4.83. The lowest BCUT2D eigenvalue weighted by molar-refractivity contribution is 0.441. The fourth-order valence-electron chi connectivity index (χ4n) is 2.91. The summed E-state index contributed by atoms with van der Waals surface area (Å²) >= 11 is 0. The second-order valence-corrected chi connectivity index (χ2v) is 8.48. The van der Waals surface area contributed by atoms with Crippen molar-refractivity contribution in [3.05, 3.63) is 29.8 Å². The minimum atomic E-state index is -3.33. The molecule has 0 saturated heterocycles. The van der Waals surface area contributed by atoms with Gasteiger partial charge in [0.05, 0.1) is 16.7 Å². The van der Waals surface area contributed by atoms with Crippen LogP contribution in [-0.2, 0) is 9.84 Å². The summed E-state index contributed by atoms with van der Waals surface area (Å²) in [6, 6.07) is 6.91. The first-order chi connectivity index (χ1) is 10.9. The van der Waals surface area contributed by atoms with Gasteiger partial charge in [-0.25, -0.2) is 8.42 Å². The van der Waals surface area contributed by atoms with E-state index in [1.807, 2.05) is 26.0 Å². The molecule has 1 fully saturated rings.